The second kappa shape index (κ2) is 6.74. The van der Waals surface area contributed by atoms with Gasteiger partial charge in [0.05, 0.1) is 5.69 Å². The van der Waals surface area contributed by atoms with Crippen molar-refractivity contribution >= 4 is 10.8 Å². The Morgan fingerprint density at radius 2 is 1.70 bits per heavy atom. The molecule has 0 bridgehead atoms. The molecule has 0 N–H and O–H groups in total. The van der Waals surface area contributed by atoms with Gasteiger partial charge in [0.25, 0.3) is 0 Å². The second-order valence-electron chi connectivity index (χ2n) is 8.42. The molecule has 2 unspecified atom stereocenters. The summed E-state index contributed by atoms with van der Waals surface area (Å²) in [7, 11) is 0. The van der Waals surface area contributed by atoms with E-state index in [1.54, 1.807) is 12.3 Å². The molecule has 27 heavy (non-hydrogen) atoms. The number of pyridine rings is 1. The number of hydrogen-bond acceptors (Lipinski definition) is 1. The summed E-state index contributed by atoms with van der Waals surface area (Å²) in [6, 6.07) is 13.5. The van der Waals surface area contributed by atoms with Crippen LogP contribution in [-0.2, 0) is 5.41 Å². The van der Waals surface area contributed by atoms with Gasteiger partial charge in [-0.05, 0) is 41.3 Å². The molecule has 140 valence electrons. The van der Waals surface area contributed by atoms with Crippen molar-refractivity contribution in [2.75, 3.05) is 0 Å². The minimum absolute atomic E-state index is 0.152. The van der Waals surface area contributed by atoms with E-state index in [1.807, 2.05) is 18.2 Å². The third-order valence-corrected chi connectivity index (χ3v) is 6.48. The van der Waals surface area contributed by atoms with Gasteiger partial charge in [0.1, 0.15) is 5.82 Å². The lowest BCUT2D eigenvalue weighted by Crippen LogP contribution is -2.25. The number of benzene rings is 2. The Morgan fingerprint density at radius 3 is 2.37 bits per heavy atom. The highest BCUT2D eigenvalue weighted by Gasteiger charge is 2.36. The Bertz CT molecular complexity index is 976. The molecule has 2 aliphatic carbocycles. The fourth-order valence-corrected chi connectivity index (χ4v) is 4.76. The summed E-state index contributed by atoms with van der Waals surface area (Å²) >= 11 is 0. The number of aromatic nitrogens is 1. The standard InChI is InChI=1S/C18H14FN.C7H14/c1-18(2)13-7-3-5-11-9-10-20-17(15(11)13)12-6-4-8-14(19)16(12)18;1-3-6-5-7(6)4-2/h3-10H,1-2H3;6-7H,3-5H2,1-2H3. The summed E-state index contributed by atoms with van der Waals surface area (Å²) in [4.78, 5) is 4.52. The van der Waals surface area contributed by atoms with Gasteiger partial charge in [0.2, 0.25) is 0 Å². The van der Waals surface area contributed by atoms with Crippen LogP contribution >= 0.6 is 0 Å². The first-order chi connectivity index (χ1) is 13.0. The molecule has 2 aromatic carbocycles. The molecule has 0 radical (unpaired) electrons. The number of halogens is 1. The van der Waals surface area contributed by atoms with Gasteiger partial charge < -0.3 is 0 Å². The van der Waals surface area contributed by atoms with Crippen molar-refractivity contribution in [3.8, 4) is 11.3 Å². The van der Waals surface area contributed by atoms with Crippen molar-refractivity contribution in [3.05, 3.63) is 65.6 Å². The molecule has 0 saturated heterocycles. The molecule has 1 nitrogen and oxygen atoms in total. The Labute approximate surface area is 161 Å². The minimum atomic E-state index is -0.351. The molecule has 2 heteroatoms. The van der Waals surface area contributed by atoms with Crippen LogP contribution in [0.15, 0.2) is 48.7 Å². The summed E-state index contributed by atoms with van der Waals surface area (Å²) in [6.07, 6.45) is 6.15. The highest BCUT2D eigenvalue weighted by Crippen LogP contribution is 2.48. The summed E-state index contributed by atoms with van der Waals surface area (Å²) in [5.41, 5.74) is 3.36. The molecule has 1 aromatic heterocycles. The molecule has 1 fully saturated rings. The van der Waals surface area contributed by atoms with Crippen molar-refractivity contribution in [3.63, 3.8) is 0 Å². The molecular weight excluding hydrogens is 333 g/mol. The van der Waals surface area contributed by atoms with E-state index >= 15 is 0 Å². The molecule has 2 aliphatic rings. The maximum atomic E-state index is 14.4. The van der Waals surface area contributed by atoms with E-state index in [4.69, 9.17) is 0 Å². The predicted octanol–water partition coefficient (Wildman–Crippen LogP) is 7.12. The lowest BCUT2D eigenvalue weighted by Gasteiger charge is -2.34. The zero-order valence-corrected chi connectivity index (χ0v) is 16.7. The van der Waals surface area contributed by atoms with E-state index in [0.717, 1.165) is 45.0 Å². The maximum Gasteiger partial charge on any atom is 0.127 e. The highest BCUT2D eigenvalue weighted by atomic mass is 19.1. The molecule has 3 aromatic rings. The van der Waals surface area contributed by atoms with Crippen molar-refractivity contribution in [2.24, 2.45) is 11.8 Å². The van der Waals surface area contributed by atoms with E-state index in [9.17, 15) is 4.39 Å². The lowest BCUT2D eigenvalue weighted by molar-refractivity contribution is 0.550. The van der Waals surface area contributed by atoms with Crippen LogP contribution in [0.4, 0.5) is 4.39 Å². The monoisotopic (exact) mass is 361 g/mol. The van der Waals surface area contributed by atoms with Gasteiger partial charge in [-0.3, -0.25) is 4.98 Å². The third kappa shape index (κ3) is 2.96. The van der Waals surface area contributed by atoms with Gasteiger partial charge in [-0.1, -0.05) is 70.9 Å². The van der Waals surface area contributed by atoms with Crippen LogP contribution in [0.2, 0.25) is 0 Å². The third-order valence-electron chi connectivity index (χ3n) is 6.48. The first kappa shape index (κ1) is 18.2. The number of nitrogens with zero attached hydrogens (tertiary/aromatic N) is 1. The topological polar surface area (TPSA) is 12.9 Å². The normalized spacial score (nSPS) is 21.2. The fraction of sp³-hybridized carbons (Fsp3) is 0.400. The summed E-state index contributed by atoms with van der Waals surface area (Å²) in [5, 5.41) is 2.31. The van der Waals surface area contributed by atoms with Gasteiger partial charge in [-0.2, -0.15) is 0 Å². The Hall–Kier alpha value is -2.22. The van der Waals surface area contributed by atoms with Crippen molar-refractivity contribution in [1.29, 1.82) is 0 Å². The van der Waals surface area contributed by atoms with Crippen LogP contribution in [0, 0.1) is 17.7 Å². The molecular formula is C25H28FN. The zero-order chi connectivity index (χ0) is 19.2. The molecule has 5 rings (SSSR count). The van der Waals surface area contributed by atoms with E-state index in [0.29, 0.717) is 0 Å². The van der Waals surface area contributed by atoms with E-state index in [1.165, 1.54) is 25.3 Å². The van der Waals surface area contributed by atoms with Crippen molar-refractivity contribution < 1.29 is 4.39 Å². The predicted molar refractivity (Wildman–Crippen MR) is 111 cm³/mol. The molecule has 2 atom stereocenters. The van der Waals surface area contributed by atoms with E-state index in [-0.39, 0.29) is 11.2 Å². The fourth-order valence-electron chi connectivity index (χ4n) is 4.76. The largest absolute Gasteiger partial charge is 0.256 e. The van der Waals surface area contributed by atoms with Gasteiger partial charge in [-0.15, -0.1) is 0 Å². The van der Waals surface area contributed by atoms with Crippen LogP contribution in [0.5, 0.6) is 0 Å². The van der Waals surface area contributed by atoms with Crippen LogP contribution in [0.1, 0.15) is 58.1 Å². The molecule has 0 aliphatic heterocycles. The first-order valence-corrected chi connectivity index (χ1v) is 10.2. The number of hydrogen-bond donors (Lipinski definition) is 0. The van der Waals surface area contributed by atoms with Gasteiger partial charge >= 0.3 is 0 Å². The molecule has 1 saturated carbocycles. The van der Waals surface area contributed by atoms with Crippen LogP contribution in [0.25, 0.3) is 22.0 Å². The SMILES string of the molecule is CC1(C)c2c(F)cccc2-c2nccc3cccc1c23.CCC1CC1CC. The summed E-state index contributed by atoms with van der Waals surface area (Å²) in [6.45, 7) is 8.75. The number of rotatable bonds is 2. The van der Waals surface area contributed by atoms with Gasteiger partial charge in [0, 0.05) is 28.1 Å². The maximum absolute atomic E-state index is 14.4. The molecule has 1 heterocycles. The highest BCUT2D eigenvalue weighted by molar-refractivity contribution is 6.01. The molecule has 0 spiro atoms. The Balaban J connectivity index is 0.000000218. The van der Waals surface area contributed by atoms with Gasteiger partial charge in [0.15, 0.2) is 0 Å². The second-order valence-corrected chi connectivity index (χ2v) is 8.42. The smallest absolute Gasteiger partial charge is 0.127 e. The van der Waals surface area contributed by atoms with E-state index < -0.39 is 0 Å². The quantitative estimate of drug-likeness (QED) is 0.473. The van der Waals surface area contributed by atoms with Crippen molar-refractivity contribution in [1.82, 2.24) is 4.98 Å². The van der Waals surface area contributed by atoms with Gasteiger partial charge in [-0.25, -0.2) is 4.39 Å². The zero-order valence-electron chi connectivity index (χ0n) is 16.7. The number of fused-ring (bicyclic) bond motifs is 2. The van der Waals surface area contributed by atoms with Crippen LogP contribution in [0.3, 0.4) is 0 Å². The summed E-state index contributed by atoms with van der Waals surface area (Å²) < 4.78 is 14.4. The Morgan fingerprint density at radius 1 is 1.00 bits per heavy atom. The Kier molecular flexibility index (Phi) is 4.53. The average Bonchev–Trinajstić information content (AvgIpc) is 3.45. The van der Waals surface area contributed by atoms with Crippen LogP contribution in [-0.4, -0.2) is 4.98 Å². The van der Waals surface area contributed by atoms with Crippen LogP contribution < -0.4 is 0 Å². The average molecular weight is 362 g/mol. The van der Waals surface area contributed by atoms with Crippen molar-refractivity contribution in [2.45, 2.75) is 52.4 Å². The first-order valence-electron chi connectivity index (χ1n) is 10.2. The molecule has 0 amide bonds. The minimum Gasteiger partial charge on any atom is -0.256 e. The van der Waals surface area contributed by atoms with E-state index in [2.05, 4.69) is 44.8 Å². The lowest BCUT2D eigenvalue weighted by atomic mass is 9.69. The summed E-state index contributed by atoms with van der Waals surface area (Å²) in [5.74, 6) is 2.08.